The molecular weight excluding hydrogens is 314 g/mol. The monoisotopic (exact) mass is 333 g/mol. The number of carbonyl (C=O) groups is 2. The smallest absolute Gasteiger partial charge is 0.331 e. The molecule has 1 amide bonds. The summed E-state index contributed by atoms with van der Waals surface area (Å²) in [7, 11) is 0. The lowest BCUT2D eigenvalue weighted by Crippen LogP contribution is -2.36. The maximum atomic E-state index is 12.5. The topological polar surface area (TPSA) is 57.6 Å². The van der Waals surface area contributed by atoms with Gasteiger partial charge in [-0.25, -0.2) is 4.79 Å². The summed E-state index contributed by atoms with van der Waals surface area (Å²) in [5, 5.41) is 9.73. The Morgan fingerprint density at radius 2 is 2.00 bits per heavy atom. The third-order valence-electron chi connectivity index (χ3n) is 4.07. The maximum Gasteiger partial charge on any atom is 0.331 e. The fraction of sp³-hybridized carbons (Fsp3) is 0.333. The van der Waals surface area contributed by atoms with Gasteiger partial charge in [-0.1, -0.05) is 35.9 Å². The van der Waals surface area contributed by atoms with Crippen LogP contribution in [-0.2, 0) is 9.59 Å². The zero-order chi connectivity index (χ0) is 17.0. The van der Waals surface area contributed by atoms with E-state index in [-0.39, 0.29) is 30.0 Å². The molecule has 1 aliphatic heterocycles. The number of aliphatic carboxylic acids is 1. The number of carboxylic acids is 1. The van der Waals surface area contributed by atoms with Gasteiger partial charge in [0.05, 0.1) is 12.1 Å². The number of hydrogen-bond acceptors (Lipinski definition) is 2. The van der Waals surface area contributed by atoms with Crippen LogP contribution in [0.3, 0.4) is 0 Å². The van der Waals surface area contributed by atoms with E-state index in [1.165, 1.54) is 0 Å². The Hall–Kier alpha value is -2.07. The summed E-state index contributed by atoms with van der Waals surface area (Å²) in [4.78, 5) is 25.4. The van der Waals surface area contributed by atoms with Gasteiger partial charge in [0.1, 0.15) is 0 Å². The third-order valence-corrected chi connectivity index (χ3v) is 4.32. The summed E-state index contributed by atoms with van der Waals surface area (Å²) in [6.45, 7) is 5.17. The van der Waals surface area contributed by atoms with Crippen LogP contribution in [0.5, 0.6) is 0 Å². The zero-order valence-corrected chi connectivity index (χ0v) is 13.8. The second-order valence-corrected chi connectivity index (χ2v) is 6.10. The van der Waals surface area contributed by atoms with Crippen molar-refractivity contribution in [3.05, 3.63) is 59.2 Å². The Labute approximate surface area is 141 Å². The SMILES string of the molecule is C=CCC(=O)N1[C@@H](C=C(C)C(=O)O)CC[C@H]1c1ccc(Cl)cc1. The molecule has 2 atom stereocenters. The lowest BCUT2D eigenvalue weighted by atomic mass is 10.0. The minimum Gasteiger partial charge on any atom is -0.478 e. The summed E-state index contributed by atoms with van der Waals surface area (Å²) >= 11 is 5.93. The molecule has 0 bridgehead atoms. The van der Waals surface area contributed by atoms with Crippen molar-refractivity contribution < 1.29 is 14.7 Å². The van der Waals surface area contributed by atoms with Gasteiger partial charge in [-0.05, 0) is 37.5 Å². The first-order chi connectivity index (χ1) is 10.9. The second kappa shape index (κ2) is 7.47. The molecule has 1 saturated heterocycles. The van der Waals surface area contributed by atoms with Gasteiger partial charge in [-0.2, -0.15) is 0 Å². The number of rotatable bonds is 5. The third kappa shape index (κ3) is 4.02. The first-order valence-corrected chi connectivity index (χ1v) is 7.91. The van der Waals surface area contributed by atoms with Crippen LogP contribution < -0.4 is 0 Å². The van der Waals surface area contributed by atoms with Gasteiger partial charge in [-0.3, -0.25) is 4.79 Å². The summed E-state index contributed by atoms with van der Waals surface area (Å²) in [6.07, 6.45) is 5.00. The van der Waals surface area contributed by atoms with Crippen LogP contribution in [-0.4, -0.2) is 27.9 Å². The van der Waals surface area contributed by atoms with E-state index in [2.05, 4.69) is 6.58 Å². The van der Waals surface area contributed by atoms with E-state index >= 15 is 0 Å². The van der Waals surface area contributed by atoms with Crippen LogP contribution in [0.1, 0.15) is 37.8 Å². The number of carbonyl (C=O) groups excluding carboxylic acids is 1. The van der Waals surface area contributed by atoms with E-state index < -0.39 is 5.97 Å². The summed E-state index contributed by atoms with van der Waals surface area (Å²) in [5.74, 6) is -1.01. The lowest BCUT2D eigenvalue weighted by molar-refractivity contribution is -0.134. The normalized spacial score (nSPS) is 21.3. The maximum absolute atomic E-state index is 12.5. The van der Waals surface area contributed by atoms with Crippen molar-refractivity contribution in [2.24, 2.45) is 0 Å². The molecule has 0 unspecified atom stereocenters. The largest absolute Gasteiger partial charge is 0.478 e. The quantitative estimate of drug-likeness (QED) is 0.655. The average Bonchev–Trinajstić information content (AvgIpc) is 2.91. The van der Waals surface area contributed by atoms with Crippen molar-refractivity contribution in [2.75, 3.05) is 0 Å². The predicted octanol–water partition coefficient (Wildman–Crippen LogP) is 3.98. The van der Waals surface area contributed by atoms with Crippen LogP contribution in [0, 0.1) is 0 Å². The highest BCUT2D eigenvalue weighted by molar-refractivity contribution is 6.30. The van der Waals surface area contributed by atoms with Crippen molar-refractivity contribution in [2.45, 2.75) is 38.3 Å². The number of likely N-dealkylation sites (tertiary alicyclic amines) is 1. The molecule has 4 nitrogen and oxygen atoms in total. The molecular formula is C18H20ClNO3. The predicted molar refractivity (Wildman–Crippen MR) is 90.3 cm³/mol. The molecule has 1 fully saturated rings. The van der Waals surface area contributed by atoms with Gasteiger partial charge in [0.2, 0.25) is 5.91 Å². The van der Waals surface area contributed by atoms with Gasteiger partial charge >= 0.3 is 5.97 Å². The Morgan fingerprint density at radius 1 is 1.35 bits per heavy atom. The van der Waals surface area contributed by atoms with E-state index in [0.29, 0.717) is 5.02 Å². The van der Waals surface area contributed by atoms with E-state index in [1.807, 2.05) is 12.1 Å². The highest BCUT2D eigenvalue weighted by atomic mass is 35.5. The molecule has 1 N–H and O–H groups in total. The zero-order valence-electron chi connectivity index (χ0n) is 13.0. The molecule has 1 aromatic carbocycles. The summed E-state index contributed by atoms with van der Waals surface area (Å²) in [6, 6.07) is 7.16. The molecule has 122 valence electrons. The molecule has 5 heteroatoms. The van der Waals surface area contributed by atoms with Crippen LogP contribution in [0.2, 0.25) is 5.02 Å². The molecule has 23 heavy (non-hydrogen) atoms. The van der Waals surface area contributed by atoms with Gasteiger partial charge < -0.3 is 10.0 Å². The minimum atomic E-state index is -0.962. The van der Waals surface area contributed by atoms with Crippen molar-refractivity contribution in [3.8, 4) is 0 Å². The number of carboxylic acid groups (broad SMARTS) is 1. The molecule has 0 radical (unpaired) electrons. The Balaban J connectivity index is 2.33. The molecule has 0 spiro atoms. The average molecular weight is 334 g/mol. The van der Waals surface area contributed by atoms with Gasteiger partial charge in [0, 0.05) is 17.0 Å². The Bertz CT molecular complexity index is 636. The van der Waals surface area contributed by atoms with Crippen molar-refractivity contribution in [1.82, 2.24) is 4.90 Å². The lowest BCUT2D eigenvalue weighted by Gasteiger charge is -2.29. The Kier molecular flexibility index (Phi) is 5.61. The van der Waals surface area contributed by atoms with Crippen LogP contribution in [0.15, 0.2) is 48.6 Å². The van der Waals surface area contributed by atoms with Gasteiger partial charge in [0.25, 0.3) is 0 Å². The van der Waals surface area contributed by atoms with Gasteiger partial charge in [-0.15, -0.1) is 6.58 Å². The van der Waals surface area contributed by atoms with Crippen LogP contribution in [0.25, 0.3) is 0 Å². The van der Waals surface area contributed by atoms with Crippen LogP contribution in [0.4, 0.5) is 0 Å². The highest BCUT2D eigenvalue weighted by Crippen LogP contribution is 2.38. The summed E-state index contributed by atoms with van der Waals surface area (Å²) < 4.78 is 0. The highest BCUT2D eigenvalue weighted by Gasteiger charge is 2.36. The van der Waals surface area contributed by atoms with Crippen molar-refractivity contribution >= 4 is 23.5 Å². The number of amides is 1. The number of halogens is 1. The minimum absolute atomic E-state index is 0.0445. The van der Waals surface area contributed by atoms with Crippen LogP contribution >= 0.6 is 11.6 Å². The summed E-state index contributed by atoms with van der Waals surface area (Å²) in [5.41, 5.74) is 1.26. The van der Waals surface area contributed by atoms with Gasteiger partial charge in [0.15, 0.2) is 0 Å². The number of hydrogen-bond donors (Lipinski definition) is 1. The standard InChI is InChI=1S/C18H20ClNO3/c1-3-4-17(21)20-15(11-12(2)18(22)23)9-10-16(20)13-5-7-14(19)8-6-13/h3,5-8,11,15-16H,1,4,9-10H2,2H3,(H,22,23)/t15-,16+/m1/s1. The molecule has 1 aliphatic rings. The fourth-order valence-corrected chi connectivity index (χ4v) is 3.09. The first-order valence-electron chi connectivity index (χ1n) is 7.53. The molecule has 0 aliphatic carbocycles. The molecule has 2 rings (SSSR count). The molecule has 0 aromatic heterocycles. The number of benzene rings is 1. The Morgan fingerprint density at radius 3 is 2.57 bits per heavy atom. The van der Waals surface area contributed by atoms with E-state index in [4.69, 9.17) is 16.7 Å². The van der Waals surface area contributed by atoms with E-state index in [9.17, 15) is 9.59 Å². The van der Waals surface area contributed by atoms with Crippen molar-refractivity contribution in [1.29, 1.82) is 0 Å². The van der Waals surface area contributed by atoms with E-state index in [0.717, 1.165) is 18.4 Å². The first kappa shape index (κ1) is 17.3. The van der Waals surface area contributed by atoms with E-state index in [1.54, 1.807) is 36.1 Å². The fourth-order valence-electron chi connectivity index (χ4n) is 2.96. The molecule has 1 aromatic rings. The van der Waals surface area contributed by atoms with Crippen molar-refractivity contribution in [3.63, 3.8) is 0 Å². The molecule has 0 saturated carbocycles. The number of nitrogens with zero attached hydrogens (tertiary/aromatic N) is 1. The second-order valence-electron chi connectivity index (χ2n) is 5.66. The molecule has 1 heterocycles.